The van der Waals surface area contributed by atoms with Crippen molar-refractivity contribution < 1.29 is 30.1 Å². The molecule has 1 heterocycles. The van der Waals surface area contributed by atoms with Crippen molar-refractivity contribution in [2.45, 2.75) is 42.3 Å². The molecule has 0 amide bonds. The van der Waals surface area contributed by atoms with Gasteiger partial charge in [-0.1, -0.05) is 0 Å². The second-order valence-corrected chi connectivity index (χ2v) is 9.46. The van der Waals surface area contributed by atoms with Crippen molar-refractivity contribution in [2.75, 3.05) is 6.61 Å². The summed E-state index contributed by atoms with van der Waals surface area (Å²) in [5.41, 5.74) is 5.61. The predicted molar refractivity (Wildman–Crippen MR) is 93.5 cm³/mol. The summed E-state index contributed by atoms with van der Waals surface area (Å²) < 4.78 is 9.42. The van der Waals surface area contributed by atoms with E-state index in [-0.39, 0.29) is 22.8 Å². The first-order valence-electron chi connectivity index (χ1n) is 7.55. The molecule has 1 aliphatic carbocycles. The number of aliphatic hydroxyl groups excluding tert-OH is 4. The fourth-order valence-corrected chi connectivity index (χ4v) is 3.68. The summed E-state index contributed by atoms with van der Waals surface area (Å²) in [7, 11) is 0. The Hall–Kier alpha value is -1.66. The molecule has 0 aromatic carbocycles. The predicted octanol–water partition coefficient (Wildman–Crippen LogP) is -2.06. The van der Waals surface area contributed by atoms with Crippen molar-refractivity contribution in [3.05, 3.63) is 33.7 Å². The molecule has 0 saturated carbocycles. The van der Waals surface area contributed by atoms with Crippen LogP contribution in [0.2, 0.25) is 11.6 Å². The van der Waals surface area contributed by atoms with Gasteiger partial charge in [0, 0.05) is 0 Å². The molecule has 5 atom stereocenters. The zero-order valence-electron chi connectivity index (χ0n) is 14.1. The average molecular weight is 436 g/mol. The quantitative estimate of drug-likeness (QED) is 0.144. The molecule has 0 spiro atoms. The summed E-state index contributed by atoms with van der Waals surface area (Å²) in [6, 6.07) is -1.28. The Balaban J connectivity index is 2.43. The number of ether oxygens (including phenoxy) is 1. The Morgan fingerprint density at radius 2 is 1.96 bits per heavy atom. The number of nitrogens with two attached hydrogens (primary N) is 1. The van der Waals surface area contributed by atoms with Crippen molar-refractivity contribution in [1.82, 2.24) is 0 Å². The number of aliphatic hydroxyl groups is 4. The molecule has 1 aliphatic heterocycles. The molecular formula is C14H21N4O7Se. The molecule has 1 unspecified atom stereocenters. The van der Waals surface area contributed by atoms with E-state index < -0.39 is 56.3 Å². The van der Waals surface area contributed by atoms with Gasteiger partial charge in [0.25, 0.3) is 0 Å². The van der Waals surface area contributed by atoms with Crippen molar-refractivity contribution in [1.29, 1.82) is 0 Å². The van der Waals surface area contributed by atoms with Gasteiger partial charge in [-0.25, -0.2) is 0 Å². The summed E-state index contributed by atoms with van der Waals surface area (Å²) in [5, 5.41) is 50.4. The Labute approximate surface area is 153 Å². The van der Waals surface area contributed by atoms with E-state index in [4.69, 9.17) is 15.6 Å². The molecule has 11 nitrogen and oxygen atoms in total. The van der Waals surface area contributed by atoms with Gasteiger partial charge in [-0.3, -0.25) is 0 Å². The van der Waals surface area contributed by atoms with Gasteiger partial charge in [-0.2, -0.15) is 0 Å². The van der Waals surface area contributed by atoms with Gasteiger partial charge in [0.15, 0.2) is 0 Å². The summed E-state index contributed by atoms with van der Waals surface area (Å²) in [5.74, 6) is 3.73. The third-order valence-corrected chi connectivity index (χ3v) is 4.95. The van der Waals surface area contributed by atoms with Crippen LogP contribution in [0.4, 0.5) is 0 Å². The summed E-state index contributed by atoms with van der Waals surface area (Å²) in [6.07, 6.45) is -3.26. The SMILES string of the molecule is C[Se](C)N=C1C(=N[C@H]2C(O)O[C@H](CO)[C@@H](O)[C@@H]2O)C=CC([N+](=O)[O-])=C1N. The molecule has 2 aliphatic rings. The Bertz CT molecular complexity index is 691. The van der Waals surface area contributed by atoms with Crippen LogP contribution in [-0.2, 0) is 4.74 Å². The van der Waals surface area contributed by atoms with Gasteiger partial charge in [0.05, 0.1) is 0 Å². The molecule has 12 heteroatoms. The van der Waals surface area contributed by atoms with Crippen molar-refractivity contribution in [2.24, 2.45) is 14.7 Å². The minimum atomic E-state index is -1.59. The standard InChI is InChI=1S/C14H21N4O7Se/c1-26(2)17-10-6(3-4-7(9(10)15)18(23)24)16-11-13(21)12(20)8(5-19)25-14(11)22/h3-4,8,11-14,19-22H,5,15H2,1-2H3/t8-,11-,12-,13-,14?/m1/s1. The number of nitro groups is 1. The molecule has 6 N–H and O–H groups in total. The summed E-state index contributed by atoms with van der Waals surface area (Å²) >= 11 is -1.46. The van der Waals surface area contributed by atoms with E-state index in [2.05, 4.69) is 9.00 Å². The van der Waals surface area contributed by atoms with Gasteiger partial charge in [0.2, 0.25) is 0 Å². The molecule has 26 heavy (non-hydrogen) atoms. The van der Waals surface area contributed by atoms with Crippen LogP contribution < -0.4 is 5.73 Å². The topological polar surface area (TPSA) is 184 Å². The fourth-order valence-electron chi connectivity index (χ4n) is 2.51. The van der Waals surface area contributed by atoms with E-state index >= 15 is 0 Å². The Morgan fingerprint density at radius 1 is 1.31 bits per heavy atom. The maximum atomic E-state index is 11.1. The van der Waals surface area contributed by atoms with E-state index in [1.54, 1.807) is 0 Å². The molecule has 2 rings (SSSR count). The first-order chi connectivity index (χ1) is 12.2. The molecule has 0 aromatic heterocycles. The van der Waals surface area contributed by atoms with E-state index in [1.165, 1.54) is 6.08 Å². The van der Waals surface area contributed by atoms with E-state index in [9.17, 15) is 25.4 Å². The second kappa shape index (κ2) is 8.35. The zero-order valence-corrected chi connectivity index (χ0v) is 15.8. The van der Waals surface area contributed by atoms with Crippen molar-refractivity contribution in [3.63, 3.8) is 0 Å². The van der Waals surface area contributed by atoms with Gasteiger partial charge in [-0.05, 0) is 0 Å². The van der Waals surface area contributed by atoms with E-state index in [0.29, 0.717) is 0 Å². The molecule has 1 radical (unpaired) electrons. The van der Waals surface area contributed by atoms with E-state index in [0.717, 1.165) is 6.08 Å². The molecule has 0 bridgehead atoms. The first kappa shape index (κ1) is 20.6. The summed E-state index contributed by atoms with van der Waals surface area (Å²) in [4.78, 5) is 14.6. The van der Waals surface area contributed by atoms with Gasteiger partial charge in [-0.15, -0.1) is 0 Å². The monoisotopic (exact) mass is 437 g/mol. The minimum absolute atomic E-state index is 0.104. The van der Waals surface area contributed by atoms with Crippen LogP contribution in [0.15, 0.2) is 32.5 Å². The number of nitrogens with zero attached hydrogens (tertiary/aromatic N) is 3. The van der Waals surface area contributed by atoms with Gasteiger partial charge >= 0.3 is 153 Å². The molecule has 0 aromatic rings. The Morgan fingerprint density at radius 3 is 2.50 bits per heavy atom. The molecule has 1 saturated heterocycles. The van der Waals surface area contributed by atoms with Crippen LogP contribution in [-0.4, -0.2) is 88.1 Å². The van der Waals surface area contributed by atoms with Crippen LogP contribution in [0.3, 0.4) is 0 Å². The van der Waals surface area contributed by atoms with Gasteiger partial charge < -0.3 is 0 Å². The molecule has 145 valence electrons. The Kier molecular flexibility index (Phi) is 6.63. The van der Waals surface area contributed by atoms with Crippen LogP contribution in [0, 0.1) is 10.1 Å². The number of hydrogen-bond acceptors (Lipinski definition) is 10. The number of allylic oxidation sites excluding steroid dienone is 3. The third kappa shape index (κ3) is 4.18. The third-order valence-electron chi connectivity index (χ3n) is 3.80. The van der Waals surface area contributed by atoms with Crippen molar-refractivity contribution >= 4 is 25.5 Å². The zero-order chi connectivity index (χ0) is 19.6. The molecular weight excluding hydrogens is 415 g/mol. The van der Waals surface area contributed by atoms with Gasteiger partial charge in [0.1, 0.15) is 0 Å². The average Bonchev–Trinajstić information content (AvgIpc) is 2.57. The first-order valence-corrected chi connectivity index (χ1v) is 11.7. The summed E-state index contributed by atoms with van der Waals surface area (Å²) in [6.45, 7) is -0.592. The van der Waals surface area contributed by atoms with E-state index in [1.807, 2.05) is 11.6 Å². The van der Waals surface area contributed by atoms with Crippen molar-refractivity contribution in [3.8, 4) is 0 Å². The number of hydrogen-bond donors (Lipinski definition) is 5. The second-order valence-electron chi connectivity index (χ2n) is 5.84. The van der Waals surface area contributed by atoms with Crippen LogP contribution in [0.1, 0.15) is 0 Å². The fraction of sp³-hybridized carbons (Fsp3) is 0.571. The van der Waals surface area contributed by atoms with Crippen LogP contribution in [0.5, 0.6) is 0 Å². The van der Waals surface area contributed by atoms with Crippen LogP contribution in [0.25, 0.3) is 0 Å². The number of aliphatic imine (C=N–C) groups is 1. The molecule has 1 fully saturated rings. The van der Waals surface area contributed by atoms with Crippen LogP contribution >= 0.6 is 0 Å². The maximum absolute atomic E-state index is 11.1. The normalized spacial score (nSPS) is 35.6. The number of rotatable bonds is 4.